The number of aryl methyl sites for hydroxylation is 1. The maximum Gasteiger partial charge on any atom is 0.250 e. The quantitative estimate of drug-likeness (QED) is 0.861. The molecule has 2 rings (SSSR count). The normalized spacial score (nSPS) is 15.9. The molecule has 1 saturated heterocycles. The molecule has 1 aromatic carbocycles. The van der Waals surface area contributed by atoms with Crippen LogP contribution in [-0.4, -0.2) is 38.8 Å². The third-order valence-electron chi connectivity index (χ3n) is 3.44. The Kier molecular flexibility index (Phi) is 5.38. The molecule has 0 radical (unpaired) electrons. The standard InChI is InChI=1S/C15H22N2O3/c1-11-9-13(19-2)3-4-14(11)17-15(18)10-20-12-5-7-16-8-6-12/h3-4,9,12,16H,5-8,10H2,1-2H3,(H,17,18). The van der Waals surface area contributed by atoms with Gasteiger partial charge >= 0.3 is 0 Å². The molecule has 5 heteroatoms. The van der Waals surface area contributed by atoms with Crippen molar-refractivity contribution in [3.05, 3.63) is 23.8 Å². The van der Waals surface area contributed by atoms with E-state index in [2.05, 4.69) is 10.6 Å². The van der Waals surface area contributed by atoms with Gasteiger partial charge in [-0.1, -0.05) is 0 Å². The minimum Gasteiger partial charge on any atom is -0.497 e. The van der Waals surface area contributed by atoms with Crippen LogP contribution < -0.4 is 15.4 Å². The number of hydrogen-bond donors (Lipinski definition) is 2. The fourth-order valence-corrected chi connectivity index (χ4v) is 2.25. The molecule has 20 heavy (non-hydrogen) atoms. The minimum absolute atomic E-state index is 0.107. The molecule has 1 amide bonds. The average Bonchev–Trinajstić information content (AvgIpc) is 2.48. The van der Waals surface area contributed by atoms with E-state index in [0.29, 0.717) is 0 Å². The smallest absolute Gasteiger partial charge is 0.250 e. The van der Waals surface area contributed by atoms with Gasteiger partial charge in [0.2, 0.25) is 5.91 Å². The number of rotatable bonds is 5. The van der Waals surface area contributed by atoms with Crippen LogP contribution in [0.3, 0.4) is 0 Å². The summed E-state index contributed by atoms with van der Waals surface area (Å²) >= 11 is 0. The second-order valence-corrected chi connectivity index (χ2v) is 4.99. The molecule has 1 aliphatic heterocycles. The Hall–Kier alpha value is -1.59. The molecule has 1 aliphatic rings. The van der Waals surface area contributed by atoms with E-state index in [-0.39, 0.29) is 18.6 Å². The van der Waals surface area contributed by atoms with Gasteiger partial charge < -0.3 is 20.1 Å². The van der Waals surface area contributed by atoms with Gasteiger partial charge in [0.15, 0.2) is 0 Å². The van der Waals surface area contributed by atoms with Crippen molar-refractivity contribution in [2.75, 3.05) is 32.1 Å². The zero-order valence-electron chi connectivity index (χ0n) is 12.1. The van der Waals surface area contributed by atoms with Crippen LogP contribution in [-0.2, 0) is 9.53 Å². The van der Waals surface area contributed by atoms with Gasteiger partial charge in [0, 0.05) is 5.69 Å². The predicted molar refractivity (Wildman–Crippen MR) is 78.2 cm³/mol. The monoisotopic (exact) mass is 278 g/mol. The molecule has 1 fully saturated rings. The molecule has 0 unspecified atom stereocenters. The SMILES string of the molecule is COc1ccc(NC(=O)COC2CCNCC2)c(C)c1. The van der Waals surface area contributed by atoms with E-state index in [1.165, 1.54) is 0 Å². The number of hydrogen-bond acceptors (Lipinski definition) is 4. The van der Waals surface area contributed by atoms with Crippen molar-refractivity contribution in [3.8, 4) is 5.75 Å². The Morgan fingerprint density at radius 2 is 2.15 bits per heavy atom. The molecule has 1 heterocycles. The molecule has 0 saturated carbocycles. The van der Waals surface area contributed by atoms with E-state index in [0.717, 1.165) is 42.9 Å². The van der Waals surface area contributed by atoms with Gasteiger partial charge in [0.1, 0.15) is 12.4 Å². The van der Waals surface area contributed by atoms with Crippen LogP contribution in [0.4, 0.5) is 5.69 Å². The van der Waals surface area contributed by atoms with Gasteiger partial charge in [-0.05, 0) is 56.6 Å². The van der Waals surface area contributed by atoms with E-state index in [4.69, 9.17) is 9.47 Å². The van der Waals surface area contributed by atoms with Crippen molar-refractivity contribution >= 4 is 11.6 Å². The largest absolute Gasteiger partial charge is 0.497 e. The Bertz CT molecular complexity index is 456. The molecule has 0 atom stereocenters. The van der Waals surface area contributed by atoms with E-state index in [9.17, 15) is 4.79 Å². The van der Waals surface area contributed by atoms with Crippen LogP contribution in [0, 0.1) is 6.92 Å². The van der Waals surface area contributed by atoms with Crippen molar-refractivity contribution in [2.45, 2.75) is 25.9 Å². The molecular weight excluding hydrogens is 256 g/mol. The first kappa shape index (κ1) is 14.8. The first-order chi connectivity index (χ1) is 9.69. The highest BCUT2D eigenvalue weighted by atomic mass is 16.5. The molecule has 0 aliphatic carbocycles. The Balaban J connectivity index is 1.81. The molecule has 0 bridgehead atoms. The number of methoxy groups -OCH3 is 1. The van der Waals surface area contributed by atoms with Crippen LogP contribution in [0.5, 0.6) is 5.75 Å². The Morgan fingerprint density at radius 3 is 2.80 bits per heavy atom. The van der Waals surface area contributed by atoms with Crippen molar-refractivity contribution in [1.29, 1.82) is 0 Å². The van der Waals surface area contributed by atoms with E-state index in [1.54, 1.807) is 7.11 Å². The van der Waals surface area contributed by atoms with Gasteiger partial charge in [-0.2, -0.15) is 0 Å². The molecular formula is C15H22N2O3. The van der Waals surface area contributed by atoms with Gasteiger partial charge in [-0.15, -0.1) is 0 Å². The first-order valence-electron chi connectivity index (χ1n) is 6.96. The molecule has 2 N–H and O–H groups in total. The molecule has 1 aromatic rings. The highest BCUT2D eigenvalue weighted by Crippen LogP contribution is 2.21. The third-order valence-corrected chi connectivity index (χ3v) is 3.44. The number of benzene rings is 1. The van der Waals surface area contributed by atoms with Crippen molar-refractivity contribution in [3.63, 3.8) is 0 Å². The fraction of sp³-hybridized carbons (Fsp3) is 0.533. The first-order valence-corrected chi connectivity index (χ1v) is 6.96. The van der Waals surface area contributed by atoms with Crippen molar-refractivity contribution in [2.24, 2.45) is 0 Å². The lowest BCUT2D eigenvalue weighted by Crippen LogP contribution is -2.34. The summed E-state index contributed by atoms with van der Waals surface area (Å²) in [6, 6.07) is 5.57. The summed E-state index contributed by atoms with van der Waals surface area (Å²) < 4.78 is 10.8. The number of amides is 1. The van der Waals surface area contributed by atoms with Crippen LogP contribution in [0.25, 0.3) is 0 Å². The van der Waals surface area contributed by atoms with E-state index in [1.807, 2.05) is 25.1 Å². The molecule has 5 nitrogen and oxygen atoms in total. The zero-order chi connectivity index (χ0) is 14.4. The summed E-state index contributed by atoms with van der Waals surface area (Å²) in [6.45, 7) is 3.97. The minimum atomic E-state index is -0.114. The van der Waals surface area contributed by atoms with E-state index >= 15 is 0 Å². The Labute approximate surface area is 119 Å². The number of anilines is 1. The fourth-order valence-electron chi connectivity index (χ4n) is 2.25. The lowest BCUT2D eigenvalue weighted by Gasteiger charge is -2.22. The third kappa shape index (κ3) is 4.21. The summed E-state index contributed by atoms with van der Waals surface area (Å²) in [7, 11) is 1.62. The summed E-state index contributed by atoms with van der Waals surface area (Å²) in [6.07, 6.45) is 2.13. The summed E-state index contributed by atoms with van der Waals surface area (Å²) in [4.78, 5) is 11.9. The Morgan fingerprint density at radius 1 is 1.40 bits per heavy atom. The lowest BCUT2D eigenvalue weighted by molar-refractivity contribution is -0.123. The van der Waals surface area contributed by atoms with E-state index < -0.39 is 0 Å². The molecule has 0 aromatic heterocycles. The predicted octanol–water partition coefficient (Wildman–Crippen LogP) is 1.71. The second-order valence-electron chi connectivity index (χ2n) is 4.99. The average molecular weight is 278 g/mol. The van der Waals surface area contributed by atoms with Gasteiger partial charge in [0.25, 0.3) is 0 Å². The zero-order valence-corrected chi connectivity index (χ0v) is 12.1. The summed E-state index contributed by atoms with van der Waals surface area (Å²) in [5, 5.41) is 6.13. The van der Waals surface area contributed by atoms with Crippen LogP contribution >= 0.6 is 0 Å². The number of ether oxygens (including phenoxy) is 2. The topological polar surface area (TPSA) is 59.6 Å². The van der Waals surface area contributed by atoms with Crippen LogP contribution in [0.15, 0.2) is 18.2 Å². The number of nitrogens with one attached hydrogen (secondary N) is 2. The summed E-state index contributed by atoms with van der Waals surface area (Å²) in [5.74, 6) is 0.670. The molecule has 0 spiro atoms. The second kappa shape index (κ2) is 7.26. The molecule has 110 valence electrons. The number of carbonyl (C=O) groups is 1. The lowest BCUT2D eigenvalue weighted by atomic mass is 10.1. The van der Waals surface area contributed by atoms with Crippen molar-refractivity contribution < 1.29 is 14.3 Å². The van der Waals surface area contributed by atoms with Gasteiger partial charge in [-0.25, -0.2) is 0 Å². The van der Waals surface area contributed by atoms with Crippen LogP contribution in [0.2, 0.25) is 0 Å². The van der Waals surface area contributed by atoms with Crippen molar-refractivity contribution in [1.82, 2.24) is 5.32 Å². The maximum atomic E-state index is 11.9. The summed E-state index contributed by atoms with van der Waals surface area (Å²) in [5.41, 5.74) is 1.77. The van der Waals surface area contributed by atoms with Gasteiger partial charge in [0.05, 0.1) is 13.2 Å². The highest BCUT2D eigenvalue weighted by Gasteiger charge is 2.15. The van der Waals surface area contributed by atoms with Crippen LogP contribution in [0.1, 0.15) is 18.4 Å². The number of piperidine rings is 1. The highest BCUT2D eigenvalue weighted by molar-refractivity contribution is 5.92. The maximum absolute atomic E-state index is 11.9. The van der Waals surface area contributed by atoms with Gasteiger partial charge in [-0.3, -0.25) is 4.79 Å². The number of carbonyl (C=O) groups excluding carboxylic acids is 1.